The van der Waals surface area contributed by atoms with Crippen LogP contribution in [0.4, 0.5) is 5.82 Å². The van der Waals surface area contributed by atoms with Crippen LogP contribution >= 0.6 is 11.6 Å². The topological polar surface area (TPSA) is 59.2 Å². The fraction of sp³-hybridized carbons (Fsp3) is 0.263. The van der Waals surface area contributed by atoms with E-state index in [1.165, 1.54) is 0 Å². The van der Waals surface area contributed by atoms with E-state index in [1.807, 2.05) is 42.6 Å². The highest BCUT2D eigenvalue weighted by atomic mass is 35.5. The van der Waals surface area contributed by atoms with Crippen molar-refractivity contribution in [1.82, 2.24) is 24.6 Å². The SMILES string of the molecule is Clc1ccc2c(N3CCCC(c4nnc5ccccn45)C3)ncnc2c1. The number of hydrogen-bond donors (Lipinski definition) is 0. The number of pyridine rings is 1. The molecule has 0 N–H and O–H groups in total. The summed E-state index contributed by atoms with van der Waals surface area (Å²) in [5.41, 5.74) is 1.76. The minimum absolute atomic E-state index is 0.318. The molecule has 1 aliphatic rings. The van der Waals surface area contributed by atoms with Gasteiger partial charge in [-0.1, -0.05) is 17.7 Å². The number of rotatable bonds is 2. The number of nitrogens with zero attached hydrogens (tertiary/aromatic N) is 6. The van der Waals surface area contributed by atoms with Gasteiger partial charge in [0.25, 0.3) is 0 Å². The van der Waals surface area contributed by atoms with Gasteiger partial charge in [-0.2, -0.15) is 0 Å². The van der Waals surface area contributed by atoms with Crippen LogP contribution in [-0.2, 0) is 0 Å². The van der Waals surface area contributed by atoms with Crippen LogP contribution in [-0.4, -0.2) is 37.7 Å². The minimum atomic E-state index is 0.318. The molecule has 0 saturated carbocycles. The smallest absolute Gasteiger partial charge is 0.160 e. The Bertz CT molecular complexity index is 1090. The lowest BCUT2D eigenvalue weighted by atomic mass is 9.97. The van der Waals surface area contributed by atoms with Crippen LogP contribution in [0.2, 0.25) is 5.02 Å². The number of benzene rings is 1. The van der Waals surface area contributed by atoms with Gasteiger partial charge in [0.05, 0.1) is 5.52 Å². The van der Waals surface area contributed by atoms with E-state index in [1.54, 1.807) is 6.33 Å². The van der Waals surface area contributed by atoms with Gasteiger partial charge in [-0.05, 0) is 43.2 Å². The molecule has 26 heavy (non-hydrogen) atoms. The first-order chi connectivity index (χ1) is 12.8. The molecule has 0 aliphatic carbocycles. The summed E-state index contributed by atoms with van der Waals surface area (Å²) >= 11 is 6.11. The van der Waals surface area contributed by atoms with E-state index < -0.39 is 0 Å². The zero-order valence-corrected chi connectivity index (χ0v) is 14.8. The lowest BCUT2D eigenvalue weighted by Gasteiger charge is -2.33. The normalized spacial score (nSPS) is 17.9. The second-order valence-electron chi connectivity index (χ2n) is 6.63. The summed E-state index contributed by atoms with van der Waals surface area (Å²) in [7, 11) is 0. The van der Waals surface area contributed by atoms with Crippen LogP contribution in [0.15, 0.2) is 48.9 Å². The zero-order chi connectivity index (χ0) is 17.5. The Kier molecular flexibility index (Phi) is 3.71. The fourth-order valence-corrected chi connectivity index (χ4v) is 3.95. The molecule has 1 aromatic carbocycles. The predicted molar refractivity (Wildman–Crippen MR) is 102 cm³/mol. The second kappa shape index (κ2) is 6.21. The summed E-state index contributed by atoms with van der Waals surface area (Å²) in [5.74, 6) is 2.30. The van der Waals surface area contributed by atoms with Gasteiger partial charge in [0.2, 0.25) is 0 Å². The summed E-state index contributed by atoms with van der Waals surface area (Å²) in [6, 6.07) is 11.8. The highest BCUT2D eigenvalue weighted by Crippen LogP contribution is 2.32. The van der Waals surface area contributed by atoms with Crippen molar-refractivity contribution in [2.45, 2.75) is 18.8 Å². The first kappa shape index (κ1) is 15.5. The molecule has 0 amide bonds. The van der Waals surface area contributed by atoms with Crippen molar-refractivity contribution in [3.63, 3.8) is 0 Å². The first-order valence-electron chi connectivity index (χ1n) is 8.74. The largest absolute Gasteiger partial charge is 0.355 e. The third kappa shape index (κ3) is 2.57. The van der Waals surface area contributed by atoms with Crippen molar-refractivity contribution in [3.8, 4) is 0 Å². The molecular weight excluding hydrogens is 348 g/mol. The van der Waals surface area contributed by atoms with Crippen LogP contribution in [0.1, 0.15) is 24.6 Å². The van der Waals surface area contributed by atoms with Gasteiger partial charge < -0.3 is 4.90 Å². The van der Waals surface area contributed by atoms with Gasteiger partial charge in [-0.25, -0.2) is 9.97 Å². The molecule has 4 heterocycles. The Balaban J connectivity index is 1.52. The van der Waals surface area contributed by atoms with Crippen LogP contribution in [0.3, 0.4) is 0 Å². The highest BCUT2D eigenvalue weighted by molar-refractivity contribution is 6.31. The third-order valence-electron chi connectivity index (χ3n) is 5.00. The second-order valence-corrected chi connectivity index (χ2v) is 7.07. The van der Waals surface area contributed by atoms with Crippen LogP contribution in [0.5, 0.6) is 0 Å². The number of fused-ring (bicyclic) bond motifs is 2. The molecule has 1 atom stereocenters. The van der Waals surface area contributed by atoms with E-state index in [0.717, 1.165) is 54.1 Å². The van der Waals surface area contributed by atoms with E-state index in [4.69, 9.17) is 11.6 Å². The molecule has 130 valence electrons. The van der Waals surface area contributed by atoms with Gasteiger partial charge >= 0.3 is 0 Å². The molecule has 1 aliphatic heterocycles. The summed E-state index contributed by atoms with van der Waals surface area (Å²) < 4.78 is 2.09. The molecule has 0 radical (unpaired) electrons. The Hall–Kier alpha value is -2.73. The maximum absolute atomic E-state index is 6.11. The molecule has 6 nitrogen and oxygen atoms in total. The van der Waals surface area contributed by atoms with Crippen molar-refractivity contribution >= 4 is 34.0 Å². The average Bonchev–Trinajstić information content (AvgIpc) is 3.11. The van der Waals surface area contributed by atoms with Gasteiger partial charge in [-0.15, -0.1) is 10.2 Å². The Morgan fingerprint density at radius 3 is 3.00 bits per heavy atom. The molecule has 1 fully saturated rings. The maximum Gasteiger partial charge on any atom is 0.160 e. The maximum atomic E-state index is 6.11. The molecule has 7 heteroatoms. The predicted octanol–water partition coefficient (Wildman–Crippen LogP) is 3.71. The average molecular weight is 365 g/mol. The van der Waals surface area contributed by atoms with E-state index >= 15 is 0 Å². The van der Waals surface area contributed by atoms with E-state index in [-0.39, 0.29) is 0 Å². The van der Waals surface area contributed by atoms with Gasteiger partial charge in [0.1, 0.15) is 18.0 Å². The van der Waals surface area contributed by atoms with Gasteiger partial charge in [-0.3, -0.25) is 4.40 Å². The summed E-state index contributed by atoms with van der Waals surface area (Å²) in [4.78, 5) is 11.3. The number of piperidine rings is 1. The summed E-state index contributed by atoms with van der Waals surface area (Å²) in [6.45, 7) is 1.84. The number of anilines is 1. The summed E-state index contributed by atoms with van der Waals surface area (Å²) in [5, 5.41) is 10.5. The van der Waals surface area contributed by atoms with Crippen molar-refractivity contribution < 1.29 is 0 Å². The molecule has 0 spiro atoms. The lowest BCUT2D eigenvalue weighted by molar-refractivity contribution is 0.486. The van der Waals surface area contributed by atoms with Crippen LogP contribution in [0, 0.1) is 0 Å². The van der Waals surface area contributed by atoms with Crippen LogP contribution < -0.4 is 4.90 Å². The van der Waals surface area contributed by atoms with Crippen molar-refractivity contribution in [3.05, 3.63) is 59.8 Å². The third-order valence-corrected chi connectivity index (χ3v) is 5.24. The van der Waals surface area contributed by atoms with Gasteiger partial charge in [0.15, 0.2) is 5.65 Å². The Labute approximate surface area is 155 Å². The molecule has 5 rings (SSSR count). The Morgan fingerprint density at radius 1 is 1.08 bits per heavy atom. The van der Waals surface area contributed by atoms with Crippen molar-refractivity contribution in [1.29, 1.82) is 0 Å². The standard InChI is InChI=1S/C19H17ClN6/c20-14-6-7-15-16(10-14)21-12-22-19(15)25-8-3-4-13(11-25)18-24-23-17-5-1-2-9-26(17)18/h1-2,5-7,9-10,12-13H,3-4,8,11H2. The van der Waals surface area contributed by atoms with Crippen molar-refractivity contribution in [2.75, 3.05) is 18.0 Å². The Morgan fingerprint density at radius 2 is 2.04 bits per heavy atom. The zero-order valence-electron chi connectivity index (χ0n) is 14.1. The molecule has 1 saturated heterocycles. The molecule has 3 aromatic heterocycles. The molecule has 4 aromatic rings. The van der Waals surface area contributed by atoms with E-state index in [9.17, 15) is 0 Å². The number of hydrogen-bond acceptors (Lipinski definition) is 5. The molecule has 0 bridgehead atoms. The van der Waals surface area contributed by atoms with Crippen molar-refractivity contribution in [2.24, 2.45) is 0 Å². The number of aromatic nitrogens is 5. The number of halogens is 1. The lowest BCUT2D eigenvalue weighted by Crippen LogP contribution is -2.35. The fourth-order valence-electron chi connectivity index (χ4n) is 3.79. The van der Waals surface area contributed by atoms with Gasteiger partial charge in [0, 0.05) is 35.6 Å². The molecule has 1 unspecified atom stereocenters. The first-order valence-corrected chi connectivity index (χ1v) is 9.12. The van der Waals surface area contributed by atoms with E-state index in [0.29, 0.717) is 10.9 Å². The summed E-state index contributed by atoms with van der Waals surface area (Å²) in [6.07, 6.45) is 5.84. The monoisotopic (exact) mass is 364 g/mol. The molecular formula is C19H17ClN6. The van der Waals surface area contributed by atoms with Crippen LogP contribution in [0.25, 0.3) is 16.6 Å². The highest BCUT2D eigenvalue weighted by Gasteiger charge is 2.27. The minimum Gasteiger partial charge on any atom is -0.355 e. The quantitative estimate of drug-likeness (QED) is 0.542. The van der Waals surface area contributed by atoms with E-state index in [2.05, 4.69) is 29.5 Å².